The Bertz CT molecular complexity index is 469. The number of rotatable bonds is 4. The first-order valence-corrected chi connectivity index (χ1v) is 7.28. The summed E-state index contributed by atoms with van der Waals surface area (Å²) in [7, 11) is 0. The van der Waals surface area contributed by atoms with Gasteiger partial charge in [0.2, 0.25) is 0 Å². The smallest absolute Gasteiger partial charge is 0.163 e. The van der Waals surface area contributed by atoms with Gasteiger partial charge >= 0.3 is 0 Å². The lowest BCUT2D eigenvalue weighted by molar-refractivity contribution is 0.0953. The zero-order valence-electron chi connectivity index (χ0n) is 12.9. The maximum Gasteiger partial charge on any atom is 0.163 e. The van der Waals surface area contributed by atoms with E-state index in [4.69, 9.17) is 11.6 Å². The van der Waals surface area contributed by atoms with Crippen LogP contribution < -0.4 is 0 Å². The van der Waals surface area contributed by atoms with E-state index in [-0.39, 0.29) is 11.2 Å². The second-order valence-corrected chi connectivity index (χ2v) is 7.32. The summed E-state index contributed by atoms with van der Waals surface area (Å²) >= 11 is 6.07. The third-order valence-electron chi connectivity index (χ3n) is 3.30. The molecule has 1 aromatic carbocycles. The summed E-state index contributed by atoms with van der Waals surface area (Å²) in [6, 6.07) is 3.81. The lowest BCUT2D eigenvalue weighted by atomic mass is 9.82. The molecule has 0 radical (unpaired) electrons. The van der Waals surface area contributed by atoms with E-state index in [0.29, 0.717) is 12.3 Å². The fourth-order valence-corrected chi connectivity index (χ4v) is 2.84. The summed E-state index contributed by atoms with van der Waals surface area (Å²) < 4.78 is 0. The molecule has 0 amide bonds. The number of benzene rings is 1. The van der Waals surface area contributed by atoms with Crippen LogP contribution in [0.2, 0.25) is 5.02 Å². The van der Waals surface area contributed by atoms with E-state index in [1.54, 1.807) is 0 Å². The highest BCUT2D eigenvalue weighted by Gasteiger charge is 2.19. The summed E-state index contributed by atoms with van der Waals surface area (Å²) in [5, 5.41) is 0.733. The molecule has 0 N–H and O–H groups in total. The molecular weight excluding hydrogens is 256 g/mol. The van der Waals surface area contributed by atoms with Crippen molar-refractivity contribution in [3.8, 4) is 0 Å². The second kappa shape index (κ2) is 6.09. The highest BCUT2D eigenvalue weighted by atomic mass is 35.5. The lowest BCUT2D eigenvalue weighted by Crippen LogP contribution is -2.15. The van der Waals surface area contributed by atoms with Crippen molar-refractivity contribution in [2.75, 3.05) is 0 Å². The Morgan fingerprint density at radius 1 is 1.21 bits per heavy atom. The molecule has 0 saturated carbocycles. The molecular formula is C17H25ClO. The van der Waals surface area contributed by atoms with Crippen LogP contribution in [0.25, 0.3) is 0 Å². The third-order valence-corrected chi connectivity index (χ3v) is 3.71. The highest BCUT2D eigenvalue weighted by molar-refractivity contribution is 6.31. The monoisotopic (exact) mass is 280 g/mol. The minimum Gasteiger partial charge on any atom is -0.294 e. The normalized spacial score (nSPS) is 13.4. The van der Waals surface area contributed by atoms with Gasteiger partial charge in [-0.05, 0) is 54.9 Å². The van der Waals surface area contributed by atoms with Crippen molar-refractivity contribution < 1.29 is 4.79 Å². The van der Waals surface area contributed by atoms with Gasteiger partial charge in [-0.3, -0.25) is 4.79 Å². The van der Waals surface area contributed by atoms with Crippen molar-refractivity contribution in [1.82, 2.24) is 0 Å². The van der Waals surface area contributed by atoms with E-state index < -0.39 is 0 Å². The maximum atomic E-state index is 12.4. The Balaban J connectivity index is 2.82. The Morgan fingerprint density at radius 3 is 2.32 bits per heavy atom. The van der Waals surface area contributed by atoms with Crippen LogP contribution in [0, 0.1) is 25.2 Å². The van der Waals surface area contributed by atoms with Gasteiger partial charge in [0.1, 0.15) is 0 Å². The van der Waals surface area contributed by atoms with Crippen LogP contribution >= 0.6 is 11.6 Å². The zero-order chi connectivity index (χ0) is 14.8. The van der Waals surface area contributed by atoms with E-state index in [1.807, 2.05) is 26.0 Å². The molecule has 1 rings (SSSR count). The first-order valence-electron chi connectivity index (χ1n) is 6.90. The summed E-state index contributed by atoms with van der Waals surface area (Å²) in [4.78, 5) is 12.4. The molecule has 0 aliphatic heterocycles. The Labute approximate surface area is 122 Å². The van der Waals surface area contributed by atoms with E-state index in [0.717, 1.165) is 28.1 Å². The molecule has 19 heavy (non-hydrogen) atoms. The Kier molecular flexibility index (Phi) is 5.20. The van der Waals surface area contributed by atoms with E-state index >= 15 is 0 Å². The number of hydrogen-bond donors (Lipinski definition) is 0. The maximum absolute atomic E-state index is 12.4. The first kappa shape index (κ1) is 16.2. The number of Topliss-reactive ketones (excluding diaryl/α,β-unsaturated/α-hetero) is 1. The predicted molar refractivity (Wildman–Crippen MR) is 83.1 cm³/mol. The fraction of sp³-hybridized carbons (Fsp3) is 0.588. The third kappa shape index (κ3) is 4.99. The molecule has 0 aliphatic carbocycles. The van der Waals surface area contributed by atoms with Crippen LogP contribution in [-0.4, -0.2) is 5.78 Å². The quantitative estimate of drug-likeness (QED) is 0.656. The molecule has 0 bridgehead atoms. The molecule has 1 nitrogen and oxygen atoms in total. The van der Waals surface area contributed by atoms with Gasteiger partial charge in [0.05, 0.1) is 0 Å². The molecule has 0 saturated heterocycles. The molecule has 0 spiro atoms. The summed E-state index contributed by atoms with van der Waals surface area (Å²) in [6.45, 7) is 12.7. The van der Waals surface area contributed by atoms with E-state index in [1.165, 1.54) is 0 Å². The molecule has 1 unspecified atom stereocenters. The number of aryl methyl sites for hydroxylation is 2. The SMILES string of the molecule is Cc1cc(C(=O)CC(C)CC(C)(C)C)c(C)cc1Cl. The van der Waals surface area contributed by atoms with Crippen molar-refractivity contribution in [3.63, 3.8) is 0 Å². The van der Waals surface area contributed by atoms with Crippen LogP contribution in [0.3, 0.4) is 0 Å². The van der Waals surface area contributed by atoms with Crippen molar-refractivity contribution in [1.29, 1.82) is 0 Å². The summed E-state index contributed by atoms with van der Waals surface area (Å²) in [5.41, 5.74) is 3.04. The lowest BCUT2D eigenvalue weighted by Gasteiger charge is -2.23. The average Bonchev–Trinajstić information content (AvgIpc) is 2.20. The number of hydrogen-bond acceptors (Lipinski definition) is 1. The van der Waals surface area contributed by atoms with Gasteiger partial charge in [-0.2, -0.15) is 0 Å². The number of halogens is 1. The highest BCUT2D eigenvalue weighted by Crippen LogP contribution is 2.28. The Morgan fingerprint density at radius 2 is 1.79 bits per heavy atom. The fourth-order valence-electron chi connectivity index (χ4n) is 2.63. The van der Waals surface area contributed by atoms with E-state index in [2.05, 4.69) is 27.7 Å². The van der Waals surface area contributed by atoms with Crippen LogP contribution in [-0.2, 0) is 0 Å². The van der Waals surface area contributed by atoms with Gasteiger partial charge in [0.15, 0.2) is 5.78 Å². The average molecular weight is 281 g/mol. The van der Waals surface area contributed by atoms with Crippen molar-refractivity contribution >= 4 is 17.4 Å². The van der Waals surface area contributed by atoms with Gasteiger partial charge in [-0.15, -0.1) is 0 Å². The van der Waals surface area contributed by atoms with Gasteiger partial charge in [0.25, 0.3) is 0 Å². The minimum atomic E-state index is 0.231. The number of carbonyl (C=O) groups is 1. The number of carbonyl (C=O) groups excluding carboxylic acids is 1. The molecule has 1 aromatic rings. The van der Waals surface area contributed by atoms with Gasteiger partial charge < -0.3 is 0 Å². The summed E-state index contributed by atoms with van der Waals surface area (Å²) in [6.07, 6.45) is 1.67. The van der Waals surface area contributed by atoms with Gasteiger partial charge in [-0.1, -0.05) is 39.3 Å². The zero-order valence-corrected chi connectivity index (χ0v) is 13.7. The van der Waals surface area contributed by atoms with E-state index in [9.17, 15) is 4.79 Å². The largest absolute Gasteiger partial charge is 0.294 e. The number of ketones is 1. The van der Waals surface area contributed by atoms with Gasteiger partial charge in [0, 0.05) is 17.0 Å². The molecule has 106 valence electrons. The predicted octanol–water partition coefficient (Wildman–Crippen LogP) is 5.60. The van der Waals surface area contributed by atoms with Crippen molar-refractivity contribution in [3.05, 3.63) is 33.8 Å². The van der Waals surface area contributed by atoms with Crippen molar-refractivity contribution in [2.45, 2.75) is 54.4 Å². The molecule has 1 atom stereocenters. The second-order valence-electron chi connectivity index (χ2n) is 6.91. The standard InChI is InChI=1S/C17H25ClO/c1-11(10-17(4,5)6)7-16(19)14-8-13(3)15(18)9-12(14)2/h8-9,11H,7,10H2,1-6H3. The molecule has 0 aliphatic rings. The van der Waals surface area contributed by atoms with Crippen LogP contribution in [0.15, 0.2) is 12.1 Å². The van der Waals surface area contributed by atoms with Crippen LogP contribution in [0.5, 0.6) is 0 Å². The molecule has 0 heterocycles. The summed E-state index contributed by atoms with van der Waals surface area (Å²) in [5.74, 6) is 0.636. The minimum absolute atomic E-state index is 0.231. The molecule has 2 heteroatoms. The van der Waals surface area contributed by atoms with Gasteiger partial charge in [-0.25, -0.2) is 0 Å². The Hall–Kier alpha value is -0.820. The topological polar surface area (TPSA) is 17.1 Å². The molecule has 0 fully saturated rings. The van der Waals surface area contributed by atoms with Crippen LogP contribution in [0.1, 0.15) is 62.0 Å². The molecule has 0 aromatic heterocycles. The first-order chi connectivity index (χ1) is 8.60. The van der Waals surface area contributed by atoms with Crippen molar-refractivity contribution in [2.24, 2.45) is 11.3 Å². The van der Waals surface area contributed by atoms with Crippen LogP contribution in [0.4, 0.5) is 0 Å².